The normalized spacial score (nSPS) is 11.2. The van der Waals surface area contributed by atoms with E-state index in [1.165, 1.54) is 0 Å². The lowest BCUT2D eigenvalue weighted by molar-refractivity contribution is 0.183. The van der Waals surface area contributed by atoms with E-state index < -0.39 is 0 Å². The van der Waals surface area contributed by atoms with Crippen LogP contribution in [0.5, 0.6) is 5.75 Å². The van der Waals surface area contributed by atoms with E-state index in [2.05, 4.69) is 15.0 Å². The van der Waals surface area contributed by atoms with Crippen LogP contribution in [0.2, 0.25) is 0 Å². The zero-order valence-electron chi connectivity index (χ0n) is 14.9. The molecule has 0 unspecified atom stereocenters. The van der Waals surface area contributed by atoms with E-state index in [0.29, 0.717) is 31.3 Å². The van der Waals surface area contributed by atoms with Gasteiger partial charge in [0.25, 0.3) is 0 Å². The summed E-state index contributed by atoms with van der Waals surface area (Å²) in [6.45, 7) is 1.69. The summed E-state index contributed by atoms with van der Waals surface area (Å²) in [6, 6.07) is 15.1. The maximum Gasteiger partial charge on any atom is 0.241 e. The number of ether oxygens (including phenoxy) is 1. The van der Waals surface area contributed by atoms with Gasteiger partial charge < -0.3 is 18.1 Å². The van der Waals surface area contributed by atoms with Gasteiger partial charge >= 0.3 is 0 Å². The van der Waals surface area contributed by atoms with Gasteiger partial charge in [-0.25, -0.2) is 0 Å². The molecule has 27 heavy (non-hydrogen) atoms. The molecule has 4 aromatic rings. The van der Waals surface area contributed by atoms with E-state index in [4.69, 9.17) is 18.1 Å². The summed E-state index contributed by atoms with van der Waals surface area (Å²) in [4.78, 5) is 6.63. The van der Waals surface area contributed by atoms with Gasteiger partial charge in [0.2, 0.25) is 11.7 Å². The fourth-order valence-electron chi connectivity index (χ4n) is 2.78. The summed E-state index contributed by atoms with van der Waals surface area (Å²) in [7, 11) is 1.63. The van der Waals surface area contributed by atoms with E-state index in [0.717, 1.165) is 22.8 Å². The van der Waals surface area contributed by atoms with Crippen molar-refractivity contribution in [3.63, 3.8) is 0 Å². The molecule has 0 bridgehead atoms. The number of hydrogen-bond acceptors (Lipinski definition) is 7. The summed E-state index contributed by atoms with van der Waals surface area (Å²) in [5.74, 6) is 3.57. The maximum absolute atomic E-state index is 5.47. The Labute approximate surface area is 156 Å². The molecular formula is C20H19N3O4. The zero-order valence-corrected chi connectivity index (χ0v) is 14.9. The smallest absolute Gasteiger partial charge is 0.241 e. The number of nitrogens with zero attached hydrogens (tertiary/aromatic N) is 3. The predicted molar refractivity (Wildman–Crippen MR) is 96.7 cm³/mol. The maximum atomic E-state index is 5.47. The summed E-state index contributed by atoms with van der Waals surface area (Å²) in [6.07, 6.45) is 3.32. The first kappa shape index (κ1) is 17.1. The monoisotopic (exact) mass is 365 g/mol. The largest absolute Gasteiger partial charge is 0.497 e. The minimum absolute atomic E-state index is 0.477. The Kier molecular flexibility index (Phi) is 5.02. The second-order valence-corrected chi connectivity index (χ2v) is 6.04. The van der Waals surface area contributed by atoms with Crippen LogP contribution in [-0.4, -0.2) is 22.2 Å². The summed E-state index contributed by atoms with van der Waals surface area (Å²) in [5, 5.41) is 4.09. The van der Waals surface area contributed by atoms with Gasteiger partial charge in [0.15, 0.2) is 0 Å². The van der Waals surface area contributed by atoms with Crippen molar-refractivity contribution in [1.29, 1.82) is 0 Å². The summed E-state index contributed by atoms with van der Waals surface area (Å²) < 4.78 is 21.6. The standard InChI is InChI=1S/C20H19N3O4/c1-24-16-8-6-15(7-9-16)20-21-19(27-22-20)14-23(12-17-4-2-10-25-17)13-18-5-3-11-26-18/h2-11H,12-14H2,1H3. The van der Waals surface area contributed by atoms with Crippen LogP contribution in [0.15, 0.2) is 74.4 Å². The Morgan fingerprint density at radius 2 is 1.56 bits per heavy atom. The van der Waals surface area contributed by atoms with Gasteiger partial charge in [0.1, 0.15) is 17.3 Å². The van der Waals surface area contributed by atoms with E-state index >= 15 is 0 Å². The molecule has 0 spiro atoms. The van der Waals surface area contributed by atoms with Crippen LogP contribution < -0.4 is 4.74 Å². The van der Waals surface area contributed by atoms with Gasteiger partial charge in [-0.1, -0.05) is 5.16 Å². The van der Waals surface area contributed by atoms with Crippen molar-refractivity contribution in [3.05, 3.63) is 78.5 Å². The molecule has 4 rings (SSSR count). The van der Waals surface area contributed by atoms with Crippen LogP contribution in [0.25, 0.3) is 11.4 Å². The molecule has 138 valence electrons. The van der Waals surface area contributed by atoms with E-state index in [1.54, 1.807) is 19.6 Å². The molecule has 0 aliphatic carbocycles. The zero-order chi connectivity index (χ0) is 18.5. The Balaban J connectivity index is 1.49. The highest BCUT2D eigenvalue weighted by Crippen LogP contribution is 2.21. The highest BCUT2D eigenvalue weighted by Gasteiger charge is 2.16. The topological polar surface area (TPSA) is 77.7 Å². The lowest BCUT2D eigenvalue weighted by Gasteiger charge is -2.17. The molecule has 0 radical (unpaired) electrons. The second-order valence-electron chi connectivity index (χ2n) is 6.04. The van der Waals surface area contributed by atoms with Crippen LogP contribution in [0.1, 0.15) is 17.4 Å². The molecule has 0 saturated carbocycles. The highest BCUT2D eigenvalue weighted by atomic mass is 16.5. The van der Waals surface area contributed by atoms with Gasteiger partial charge in [0, 0.05) is 5.56 Å². The summed E-state index contributed by atoms with van der Waals surface area (Å²) in [5.41, 5.74) is 0.870. The van der Waals surface area contributed by atoms with Crippen LogP contribution in [-0.2, 0) is 19.6 Å². The Morgan fingerprint density at radius 1 is 0.889 bits per heavy atom. The first-order chi connectivity index (χ1) is 13.3. The molecule has 1 aromatic carbocycles. The lowest BCUT2D eigenvalue weighted by Crippen LogP contribution is -2.22. The van der Waals surface area contributed by atoms with Crippen molar-refractivity contribution < 1.29 is 18.1 Å². The van der Waals surface area contributed by atoms with Crippen molar-refractivity contribution in [3.8, 4) is 17.1 Å². The van der Waals surface area contributed by atoms with Gasteiger partial charge in [-0.15, -0.1) is 0 Å². The molecule has 7 heteroatoms. The van der Waals surface area contributed by atoms with Crippen molar-refractivity contribution in [2.45, 2.75) is 19.6 Å². The number of furan rings is 2. The number of aromatic nitrogens is 2. The lowest BCUT2D eigenvalue weighted by atomic mass is 10.2. The Morgan fingerprint density at radius 3 is 2.11 bits per heavy atom. The predicted octanol–water partition coefficient (Wildman–Crippen LogP) is 4.13. The van der Waals surface area contributed by atoms with Crippen molar-refractivity contribution in [2.24, 2.45) is 0 Å². The van der Waals surface area contributed by atoms with Gasteiger partial charge in [-0.05, 0) is 48.5 Å². The third-order valence-corrected chi connectivity index (χ3v) is 4.09. The second kappa shape index (κ2) is 7.92. The van der Waals surface area contributed by atoms with E-state index in [-0.39, 0.29) is 0 Å². The highest BCUT2D eigenvalue weighted by molar-refractivity contribution is 5.55. The van der Waals surface area contributed by atoms with Gasteiger partial charge in [-0.2, -0.15) is 4.98 Å². The fourth-order valence-corrected chi connectivity index (χ4v) is 2.78. The van der Waals surface area contributed by atoms with Crippen molar-refractivity contribution >= 4 is 0 Å². The number of methoxy groups -OCH3 is 1. The van der Waals surface area contributed by atoms with Gasteiger partial charge in [-0.3, -0.25) is 4.90 Å². The number of hydrogen-bond donors (Lipinski definition) is 0. The quantitative estimate of drug-likeness (QED) is 0.464. The Bertz CT molecular complexity index is 907. The minimum Gasteiger partial charge on any atom is -0.497 e. The van der Waals surface area contributed by atoms with Crippen LogP contribution in [0.4, 0.5) is 0 Å². The SMILES string of the molecule is COc1ccc(-c2noc(CN(Cc3ccco3)Cc3ccco3)n2)cc1. The molecule has 3 heterocycles. The van der Waals surface area contributed by atoms with Crippen LogP contribution in [0, 0.1) is 0 Å². The average molecular weight is 365 g/mol. The third-order valence-electron chi connectivity index (χ3n) is 4.09. The fraction of sp³-hybridized carbons (Fsp3) is 0.200. The number of benzene rings is 1. The van der Waals surface area contributed by atoms with Crippen LogP contribution >= 0.6 is 0 Å². The molecule has 0 aliphatic rings. The van der Waals surface area contributed by atoms with Crippen LogP contribution in [0.3, 0.4) is 0 Å². The van der Waals surface area contributed by atoms with E-state index in [1.807, 2.05) is 48.5 Å². The molecule has 7 nitrogen and oxygen atoms in total. The first-order valence-electron chi connectivity index (χ1n) is 8.54. The molecule has 0 N–H and O–H groups in total. The molecule has 0 saturated heterocycles. The van der Waals surface area contributed by atoms with Gasteiger partial charge in [0.05, 0.1) is 39.3 Å². The number of rotatable bonds is 8. The molecule has 0 fully saturated rings. The molecule has 3 aromatic heterocycles. The Hall–Kier alpha value is -3.32. The minimum atomic E-state index is 0.477. The summed E-state index contributed by atoms with van der Waals surface area (Å²) >= 11 is 0. The van der Waals surface area contributed by atoms with Crippen molar-refractivity contribution in [1.82, 2.24) is 15.0 Å². The molecule has 0 aliphatic heterocycles. The average Bonchev–Trinajstić information content (AvgIpc) is 3.45. The third kappa shape index (κ3) is 4.27. The van der Waals surface area contributed by atoms with Crippen molar-refractivity contribution in [2.75, 3.05) is 7.11 Å². The van der Waals surface area contributed by atoms with E-state index in [9.17, 15) is 0 Å². The molecule has 0 atom stereocenters. The molecule has 0 amide bonds. The first-order valence-corrected chi connectivity index (χ1v) is 8.54. The molecular weight excluding hydrogens is 346 g/mol.